The first-order chi connectivity index (χ1) is 12.7. The highest BCUT2D eigenvalue weighted by atomic mass is 32.2. The van der Waals surface area contributed by atoms with Crippen molar-refractivity contribution in [2.24, 2.45) is 5.92 Å². The van der Waals surface area contributed by atoms with E-state index in [4.69, 9.17) is 9.47 Å². The number of carbonyl (C=O) groups is 2. The molecule has 0 unspecified atom stereocenters. The topological polar surface area (TPSA) is 111 Å². The zero-order chi connectivity index (χ0) is 20.0. The second-order valence-corrected chi connectivity index (χ2v) is 8.64. The zero-order valence-electron chi connectivity index (χ0n) is 15.7. The fourth-order valence-electron chi connectivity index (χ4n) is 2.41. The number of methoxy groups -OCH3 is 1. The molecule has 1 fully saturated rings. The number of carbonyl (C=O) groups excluding carboxylic acids is 2. The van der Waals surface area contributed by atoms with Crippen molar-refractivity contribution in [1.82, 2.24) is 10.0 Å². The van der Waals surface area contributed by atoms with Gasteiger partial charge in [-0.15, -0.1) is 0 Å². The van der Waals surface area contributed by atoms with Gasteiger partial charge in [0, 0.05) is 6.04 Å². The quantitative estimate of drug-likeness (QED) is 0.573. The van der Waals surface area contributed by atoms with Gasteiger partial charge >= 0.3 is 5.97 Å². The Balaban J connectivity index is 2.02. The van der Waals surface area contributed by atoms with Gasteiger partial charge in [0.05, 0.1) is 12.0 Å². The van der Waals surface area contributed by atoms with E-state index in [0.29, 0.717) is 5.75 Å². The van der Waals surface area contributed by atoms with Crippen molar-refractivity contribution in [2.75, 3.05) is 13.7 Å². The van der Waals surface area contributed by atoms with Gasteiger partial charge in [-0.1, -0.05) is 13.8 Å². The number of rotatable bonds is 10. The molecule has 1 amide bonds. The van der Waals surface area contributed by atoms with Gasteiger partial charge in [0.25, 0.3) is 5.91 Å². The first kappa shape index (κ1) is 21.2. The van der Waals surface area contributed by atoms with E-state index in [0.717, 1.165) is 12.8 Å². The minimum absolute atomic E-state index is 0.0105. The third-order valence-corrected chi connectivity index (χ3v) is 5.43. The van der Waals surface area contributed by atoms with E-state index in [1.165, 1.54) is 31.4 Å². The maximum absolute atomic E-state index is 12.6. The molecule has 1 saturated carbocycles. The van der Waals surface area contributed by atoms with Gasteiger partial charge in [-0.25, -0.2) is 8.42 Å². The fourth-order valence-corrected chi connectivity index (χ4v) is 3.61. The van der Waals surface area contributed by atoms with Crippen molar-refractivity contribution in [3.63, 3.8) is 0 Å². The largest absolute Gasteiger partial charge is 0.497 e. The molecular formula is C18H26N2O6S. The van der Waals surface area contributed by atoms with Gasteiger partial charge < -0.3 is 14.8 Å². The Kier molecular flexibility index (Phi) is 7.20. The number of esters is 1. The summed E-state index contributed by atoms with van der Waals surface area (Å²) in [4.78, 5) is 24.0. The van der Waals surface area contributed by atoms with E-state index in [1.54, 1.807) is 0 Å². The minimum atomic E-state index is -3.93. The van der Waals surface area contributed by atoms with Crippen LogP contribution < -0.4 is 14.8 Å². The van der Waals surface area contributed by atoms with Crippen LogP contribution >= 0.6 is 0 Å². The lowest BCUT2D eigenvalue weighted by atomic mass is 10.1. The predicted octanol–water partition coefficient (Wildman–Crippen LogP) is 1.21. The summed E-state index contributed by atoms with van der Waals surface area (Å²) in [7, 11) is -2.45. The Bertz CT molecular complexity index is 757. The number of ether oxygens (including phenoxy) is 2. The van der Waals surface area contributed by atoms with Crippen LogP contribution in [0.15, 0.2) is 29.2 Å². The maximum Gasteiger partial charge on any atom is 0.324 e. The van der Waals surface area contributed by atoms with Crippen LogP contribution in [0, 0.1) is 5.92 Å². The average molecular weight is 398 g/mol. The minimum Gasteiger partial charge on any atom is -0.497 e. The Morgan fingerprint density at radius 1 is 1.19 bits per heavy atom. The molecule has 150 valence electrons. The normalized spacial score (nSPS) is 15.3. The highest BCUT2D eigenvalue weighted by Crippen LogP contribution is 2.19. The Hall–Kier alpha value is -2.13. The summed E-state index contributed by atoms with van der Waals surface area (Å²) in [5.41, 5.74) is 0. The molecule has 2 rings (SSSR count). The van der Waals surface area contributed by atoms with Crippen molar-refractivity contribution in [2.45, 2.75) is 50.1 Å². The highest BCUT2D eigenvalue weighted by Gasteiger charge is 2.29. The third kappa shape index (κ3) is 6.84. The molecule has 27 heavy (non-hydrogen) atoms. The van der Waals surface area contributed by atoms with Gasteiger partial charge in [-0.3, -0.25) is 9.59 Å². The molecule has 0 bridgehead atoms. The number of benzene rings is 1. The molecule has 0 aromatic heterocycles. The lowest BCUT2D eigenvalue weighted by Gasteiger charge is -2.19. The lowest BCUT2D eigenvalue weighted by Crippen LogP contribution is -2.43. The summed E-state index contributed by atoms with van der Waals surface area (Å²) in [6, 6.07) is 4.91. The van der Waals surface area contributed by atoms with Gasteiger partial charge in [0.1, 0.15) is 11.8 Å². The van der Waals surface area contributed by atoms with Crippen LogP contribution in [0.1, 0.15) is 33.1 Å². The van der Waals surface area contributed by atoms with Gasteiger partial charge in [-0.05, 0) is 49.4 Å². The van der Waals surface area contributed by atoms with Crippen LogP contribution in [0.5, 0.6) is 5.75 Å². The second-order valence-electron chi connectivity index (χ2n) is 6.93. The number of amides is 1. The molecule has 0 spiro atoms. The summed E-state index contributed by atoms with van der Waals surface area (Å²) < 4.78 is 37.6. The number of nitrogens with one attached hydrogen (secondary N) is 2. The molecule has 0 saturated heterocycles. The molecule has 1 aromatic carbocycles. The summed E-state index contributed by atoms with van der Waals surface area (Å²) in [5.74, 6) is -0.589. The van der Waals surface area contributed by atoms with E-state index >= 15 is 0 Å². The molecule has 8 nitrogen and oxygen atoms in total. The van der Waals surface area contributed by atoms with E-state index < -0.39 is 28.6 Å². The van der Waals surface area contributed by atoms with E-state index in [1.807, 2.05) is 13.8 Å². The van der Waals surface area contributed by atoms with E-state index in [2.05, 4.69) is 10.0 Å². The molecule has 2 N–H and O–H groups in total. The summed E-state index contributed by atoms with van der Waals surface area (Å²) >= 11 is 0. The van der Waals surface area contributed by atoms with E-state index in [9.17, 15) is 18.0 Å². The average Bonchev–Trinajstić information content (AvgIpc) is 3.42. The monoisotopic (exact) mass is 398 g/mol. The van der Waals surface area contributed by atoms with E-state index in [-0.39, 0.29) is 29.2 Å². The Morgan fingerprint density at radius 3 is 2.33 bits per heavy atom. The van der Waals surface area contributed by atoms with Crippen molar-refractivity contribution >= 4 is 21.9 Å². The number of sulfonamides is 1. The first-order valence-corrected chi connectivity index (χ1v) is 10.3. The summed E-state index contributed by atoms with van der Waals surface area (Å²) in [6.45, 7) is 3.30. The highest BCUT2D eigenvalue weighted by molar-refractivity contribution is 7.89. The zero-order valence-corrected chi connectivity index (χ0v) is 16.5. The van der Waals surface area contributed by atoms with Crippen molar-refractivity contribution in [1.29, 1.82) is 0 Å². The molecule has 1 aliphatic carbocycles. The lowest BCUT2D eigenvalue weighted by molar-refractivity contribution is -0.150. The van der Waals surface area contributed by atoms with Gasteiger partial charge in [-0.2, -0.15) is 4.72 Å². The van der Waals surface area contributed by atoms with Crippen molar-refractivity contribution < 1.29 is 27.5 Å². The third-order valence-electron chi connectivity index (χ3n) is 3.95. The van der Waals surface area contributed by atoms with Crippen LogP contribution in [0.3, 0.4) is 0 Å². The molecule has 1 aromatic rings. The standard InChI is InChI=1S/C18H26N2O6S/c1-12(2)10-16(18(22)26-11-17(21)19-13-4-5-13)20-27(23,24)15-8-6-14(25-3)7-9-15/h6-9,12-13,16,20H,4-5,10-11H2,1-3H3,(H,19,21)/t16-/m1/s1. The molecule has 9 heteroatoms. The van der Waals surface area contributed by atoms with Crippen molar-refractivity contribution in [3.05, 3.63) is 24.3 Å². The second kappa shape index (κ2) is 9.18. The molecule has 1 aliphatic rings. The smallest absolute Gasteiger partial charge is 0.324 e. The fraction of sp³-hybridized carbons (Fsp3) is 0.556. The number of hydrogen-bond acceptors (Lipinski definition) is 6. The molecule has 0 aliphatic heterocycles. The Morgan fingerprint density at radius 2 is 1.81 bits per heavy atom. The Labute approximate surface area is 159 Å². The molecule has 0 radical (unpaired) electrons. The molecule has 0 heterocycles. The number of hydrogen-bond donors (Lipinski definition) is 2. The summed E-state index contributed by atoms with van der Waals surface area (Å²) in [6.07, 6.45) is 2.10. The summed E-state index contributed by atoms with van der Waals surface area (Å²) in [5, 5.41) is 2.71. The maximum atomic E-state index is 12.6. The van der Waals surface area contributed by atoms with Crippen LogP contribution in [-0.2, 0) is 24.3 Å². The van der Waals surface area contributed by atoms with Crippen LogP contribution in [0.25, 0.3) is 0 Å². The van der Waals surface area contributed by atoms with Gasteiger partial charge in [0.2, 0.25) is 10.0 Å². The molecular weight excluding hydrogens is 372 g/mol. The predicted molar refractivity (Wildman–Crippen MR) is 98.7 cm³/mol. The molecule has 1 atom stereocenters. The van der Waals surface area contributed by atoms with Gasteiger partial charge in [0.15, 0.2) is 6.61 Å². The van der Waals surface area contributed by atoms with Crippen LogP contribution in [0.4, 0.5) is 0 Å². The first-order valence-electron chi connectivity index (χ1n) is 8.83. The SMILES string of the molecule is COc1ccc(S(=O)(=O)N[C@H](CC(C)C)C(=O)OCC(=O)NC2CC2)cc1. The van der Waals surface area contributed by atoms with Crippen LogP contribution in [0.2, 0.25) is 0 Å². The van der Waals surface area contributed by atoms with Crippen LogP contribution in [-0.4, -0.2) is 46.1 Å². The van der Waals surface area contributed by atoms with Crippen molar-refractivity contribution in [3.8, 4) is 5.75 Å².